The minimum Gasteiger partial charge on any atom is -0.456 e. The Hall–Kier alpha value is -1.92. The van der Waals surface area contributed by atoms with Crippen molar-refractivity contribution in [1.82, 2.24) is 0 Å². The number of rotatable bonds is 3. The summed E-state index contributed by atoms with van der Waals surface area (Å²) < 4.78 is 5.84. The molecular formula is C16H15NOS. The molecule has 3 heteroatoms. The smallest absolute Gasteiger partial charge is 0.146 e. The van der Waals surface area contributed by atoms with Crippen LogP contribution in [0.3, 0.4) is 0 Å². The average molecular weight is 269 g/mol. The molecule has 0 aliphatic carbocycles. The Balaban J connectivity index is 2.38. The van der Waals surface area contributed by atoms with E-state index in [1.165, 1.54) is 11.1 Å². The number of hydrogen-bond acceptors (Lipinski definition) is 3. The Morgan fingerprint density at radius 3 is 2.53 bits per heavy atom. The molecule has 0 N–H and O–H groups in total. The van der Waals surface area contributed by atoms with Gasteiger partial charge in [0.05, 0.1) is 0 Å². The third kappa shape index (κ3) is 2.91. The van der Waals surface area contributed by atoms with Gasteiger partial charge >= 0.3 is 0 Å². The van der Waals surface area contributed by atoms with Crippen LogP contribution in [0.4, 0.5) is 0 Å². The van der Waals surface area contributed by atoms with Gasteiger partial charge in [0.2, 0.25) is 0 Å². The first-order valence-corrected chi connectivity index (χ1v) is 7.20. The van der Waals surface area contributed by atoms with Crippen LogP contribution in [0.5, 0.6) is 11.5 Å². The Bertz CT molecular complexity index is 644. The lowest BCUT2D eigenvalue weighted by atomic mass is 10.1. The second kappa shape index (κ2) is 5.81. The summed E-state index contributed by atoms with van der Waals surface area (Å²) in [4.78, 5) is 0.934. The highest BCUT2D eigenvalue weighted by Gasteiger charge is 2.09. The second-order valence-corrected chi connectivity index (χ2v) is 5.14. The zero-order chi connectivity index (χ0) is 13.8. The molecule has 2 aromatic carbocycles. The molecule has 0 amide bonds. The summed E-state index contributed by atoms with van der Waals surface area (Å²) in [6, 6.07) is 13.8. The summed E-state index contributed by atoms with van der Waals surface area (Å²) in [6.45, 7) is 4.11. The highest BCUT2D eigenvalue weighted by Crippen LogP contribution is 2.31. The average Bonchev–Trinajstić information content (AvgIpc) is 2.42. The second-order valence-electron chi connectivity index (χ2n) is 4.29. The van der Waals surface area contributed by atoms with Gasteiger partial charge in [-0.1, -0.05) is 12.1 Å². The molecule has 0 spiro atoms. The Morgan fingerprint density at radius 1 is 1.11 bits per heavy atom. The van der Waals surface area contributed by atoms with Crippen molar-refractivity contribution < 1.29 is 4.74 Å². The van der Waals surface area contributed by atoms with Crippen LogP contribution < -0.4 is 4.74 Å². The van der Waals surface area contributed by atoms with E-state index in [2.05, 4.69) is 13.0 Å². The zero-order valence-electron chi connectivity index (χ0n) is 11.2. The standard InChI is InChI=1S/C16H15NOS/c1-11-7-8-13(9-12(11)2)18-15-5-4-6-16(19-3)14(15)10-17/h4-9H,1-3H3. The molecule has 2 nitrogen and oxygen atoms in total. The van der Waals surface area contributed by atoms with E-state index in [-0.39, 0.29) is 0 Å². The van der Waals surface area contributed by atoms with Crippen molar-refractivity contribution in [2.45, 2.75) is 18.7 Å². The summed E-state index contributed by atoms with van der Waals surface area (Å²) in [5.41, 5.74) is 3.00. The molecular weight excluding hydrogens is 254 g/mol. The van der Waals surface area contributed by atoms with E-state index in [1.807, 2.05) is 49.6 Å². The maximum atomic E-state index is 9.26. The molecule has 0 aliphatic rings. The van der Waals surface area contributed by atoms with Gasteiger partial charge in [-0.3, -0.25) is 0 Å². The van der Waals surface area contributed by atoms with Crippen LogP contribution in [0.1, 0.15) is 16.7 Å². The number of ether oxygens (including phenoxy) is 1. The van der Waals surface area contributed by atoms with E-state index >= 15 is 0 Å². The summed E-state index contributed by atoms with van der Waals surface area (Å²) in [5, 5.41) is 9.26. The molecule has 0 atom stereocenters. The maximum Gasteiger partial charge on any atom is 0.146 e. The van der Waals surface area contributed by atoms with Gasteiger partial charge in [-0.15, -0.1) is 11.8 Å². The lowest BCUT2D eigenvalue weighted by molar-refractivity contribution is 0.479. The summed E-state index contributed by atoms with van der Waals surface area (Å²) in [6.07, 6.45) is 1.95. The van der Waals surface area contributed by atoms with Crippen LogP contribution in [0, 0.1) is 25.2 Å². The van der Waals surface area contributed by atoms with Crippen LogP contribution >= 0.6 is 11.8 Å². The third-order valence-corrected chi connectivity index (χ3v) is 3.81. The predicted molar refractivity (Wildman–Crippen MR) is 78.9 cm³/mol. The lowest BCUT2D eigenvalue weighted by Crippen LogP contribution is -1.91. The van der Waals surface area contributed by atoms with Gasteiger partial charge in [-0.25, -0.2) is 0 Å². The molecule has 0 heterocycles. The maximum absolute atomic E-state index is 9.26. The topological polar surface area (TPSA) is 33.0 Å². The highest BCUT2D eigenvalue weighted by molar-refractivity contribution is 7.98. The van der Waals surface area contributed by atoms with E-state index in [4.69, 9.17) is 4.74 Å². The normalized spacial score (nSPS) is 10.0. The largest absolute Gasteiger partial charge is 0.456 e. The molecule has 0 fully saturated rings. The first-order valence-electron chi connectivity index (χ1n) is 5.98. The monoisotopic (exact) mass is 269 g/mol. The summed E-state index contributed by atoms with van der Waals surface area (Å²) >= 11 is 1.55. The minimum absolute atomic E-state index is 0.591. The quantitative estimate of drug-likeness (QED) is 0.758. The van der Waals surface area contributed by atoms with Crippen LogP contribution in [0.15, 0.2) is 41.3 Å². The lowest BCUT2D eigenvalue weighted by Gasteiger charge is -2.11. The Morgan fingerprint density at radius 2 is 1.89 bits per heavy atom. The van der Waals surface area contributed by atoms with E-state index in [9.17, 15) is 5.26 Å². The van der Waals surface area contributed by atoms with Crippen molar-refractivity contribution in [2.75, 3.05) is 6.26 Å². The molecule has 0 unspecified atom stereocenters. The first-order chi connectivity index (χ1) is 9.15. The number of hydrogen-bond donors (Lipinski definition) is 0. The van der Waals surface area contributed by atoms with E-state index in [1.54, 1.807) is 11.8 Å². The van der Waals surface area contributed by atoms with E-state index < -0.39 is 0 Å². The molecule has 0 bridgehead atoms. The SMILES string of the molecule is CSc1cccc(Oc2ccc(C)c(C)c2)c1C#N. The number of nitriles is 1. The molecule has 0 aliphatic heterocycles. The van der Waals surface area contributed by atoms with Crippen molar-refractivity contribution in [1.29, 1.82) is 5.26 Å². The molecule has 0 radical (unpaired) electrons. The van der Waals surface area contributed by atoms with E-state index in [0.29, 0.717) is 11.3 Å². The fourth-order valence-corrected chi connectivity index (χ4v) is 2.35. The molecule has 2 rings (SSSR count). The van der Waals surface area contributed by atoms with Crippen LogP contribution in [0.25, 0.3) is 0 Å². The Kier molecular flexibility index (Phi) is 4.13. The van der Waals surface area contributed by atoms with Gasteiger partial charge in [0, 0.05) is 4.90 Å². The summed E-state index contributed by atoms with van der Waals surface area (Å²) in [7, 11) is 0. The molecule has 2 aromatic rings. The zero-order valence-corrected chi connectivity index (χ0v) is 12.0. The molecule has 0 aromatic heterocycles. The van der Waals surface area contributed by atoms with Crippen molar-refractivity contribution in [3.63, 3.8) is 0 Å². The predicted octanol–water partition coefficient (Wildman–Crippen LogP) is 4.69. The summed E-state index contributed by atoms with van der Waals surface area (Å²) in [5.74, 6) is 1.37. The molecule has 0 saturated carbocycles. The number of thioether (sulfide) groups is 1. The first kappa shape index (κ1) is 13.5. The van der Waals surface area contributed by atoms with Gasteiger partial charge in [0.15, 0.2) is 0 Å². The molecule has 0 saturated heterocycles. The minimum atomic E-state index is 0.591. The Labute approximate surface area is 118 Å². The van der Waals surface area contributed by atoms with Crippen molar-refractivity contribution in [2.24, 2.45) is 0 Å². The van der Waals surface area contributed by atoms with Crippen LogP contribution in [0.2, 0.25) is 0 Å². The number of aryl methyl sites for hydroxylation is 2. The third-order valence-electron chi connectivity index (χ3n) is 3.03. The van der Waals surface area contributed by atoms with Crippen molar-refractivity contribution >= 4 is 11.8 Å². The van der Waals surface area contributed by atoms with Gasteiger partial charge in [-0.2, -0.15) is 5.26 Å². The van der Waals surface area contributed by atoms with E-state index in [0.717, 1.165) is 10.6 Å². The van der Waals surface area contributed by atoms with Gasteiger partial charge in [-0.05, 0) is 55.5 Å². The van der Waals surface area contributed by atoms with Crippen LogP contribution in [-0.2, 0) is 0 Å². The fourth-order valence-electron chi connectivity index (χ4n) is 1.78. The number of benzene rings is 2. The molecule has 96 valence electrons. The van der Waals surface area contributed by atoms with Crippen molar-refractivity contribution in [3.05, 3.63) is 53.1 Å². The van der Waals surface area contributed by atoms with Crippen molar-refractivity contribution in [3.8, 4) is 17.6 Å². The highest BCUT2D eigenvalue weighted by atomic mass is 32.2. The fraction of sp³-hybridized carbons (Fsp3) is 0.188. The van der Waals surface area contributed by atoms with Gasteiger partial charge in [0.1, 0.15) is 23.1 Å². The number of nitrogens with zero attached hydrogens (tertiary/aromatic N) is 1. The van der Waals surface area contributed by atoms with Crippen LogP contribution in [-0.4, -0.2) is 6.26 Å². The molecule has 19 heavy (non-hydrogen) atoms. The van der Waals surface area contributed by atoms with Gasteiger partial charge < -0.3 is 4.74 Å². The van der Waals surface area contributed by atoms with Gasteiger partial charge in [0.25, 0.3) is 0 Å².